The Morgan fingerprint density at radius 1 is 1.21 bits per heavy atom. The third-order valence-corrected chi connectivity index (χ3v) is 4.01. The van der Waals surface area contributed by atoms with Crippen LogP contribution in [0.5, 0.6) is 5.75 Å². The number of hydrogen-bond acceptors (Lipinski definition) is 3. The van der Waals surface area contributed by atoms with Crippen molar-refractivity contribution in [3.05, 3.63) is 59.2 Å². The summed E-state index contributed by atoms with van der Waals surface area (Å²) in [6, 6.07) is 11.6. The van der Waals surface area contributed by atoms with Gasteiger partial charge in [-0.1, -0.05) is 30.3 Å². The van der Waals surface area contributed by atoms with E-state index in [2.05, 4.69) is 15.3 Å². The molecule has 0 saturated carbocycles. The largest absolute Gasteiger partial charge is 0.493 e. The normalized spacial score (nSPS) is 10.8. The number of aromatic amines is 1. The monoisotopic (exact) mass is 323 g/mol. The highest BCUT2D eigenvalue weighted by molar-refractivity contribution is 6.09. The van der Waals surface area contributed by atoms with Gasteiger partial charge in [-0.15, -0.1) is 0 Å². The molecule has 0 radical (unpaired) electrons. The molecule has 2 aromatic carbocycles. The standard InChI is InChI=1S/C19H21N3O2/c1-4-24-16-10-9-14-7-5-6-8-15(14)18(16)19(23)20-11-17-21-12(2)13(3)22-17/h5-10H,4,11H2,1-3H3,(H,20,23)(H,21,22). The van der Waals surface area contributed by atoms with Gasteiger partial charge in [0.2, 0.25) is 0 Å². The zero-order valence-electron chi connectivity index (χ0n) is 14.1. The maximum absolute atomic E-state index is 12.8. The van der Waals surface area contributed by atoms with Crippen LogP contribution in [-0.2, 0) is 6.54 Å². The second-order valence-electron chi connectivity index (χ2n) is 5.67. The van der Waals surface area contributed by atoms with Crippen LogP contribution >= 0.6 is 0 Å². The van der Waals surface area contributed by atoms with E-state index in [4.69, 9.17) is 4.74 Å². The summed E-state index contributed by atoms with van der Waals surface area (Å²) < 4.78 is 5.66. The van der Waals surface area contributed by atoms with Crippen LogP contribution < -0.4 is 10.1 Å². The number of fused-ring (bicyclic) bond motifs is 1. The van der Waals surface area contributed by atoms with E-state index in [0.29, 0.717) is 24.5 Å². The fourth-order valence-electron chi connectivity index (χ4n) is 2.72. The Bertz CT molecular complexity index is 864. The number of imidazole rings is 1. The summed E-state index contributed by atoms with van der Waals surface area (Å²) in [7, 11) is 0. The predicted octanol–water partition coefficient (Wildman–Crippen LogP) is 3.51. The second-order valence-corrected chi connectivity index (χ2v) is 5.67. The van der Waals surface area contributed by atoms with Crippen LogP contribution in [0.1, 0.15) is 34.5 Å². The molecule has 1 aromatic heterocycles. The summed E-state index contributed by atoms with van der Waals surface area (Å²) in [5, 5.41) is 4.83. The predicted molar refractivity (Wildman–Crippen MR) is 94.3 cm³/mol. The highest BCUT2D eigenvalue weighted by Gasteiger charge is 2.17. The molecule has 24 heavy (non-hydrogen) atoms. The summed E-state index contributed by atoms with van der Waals surface area (Å²) >= 11 is 0. The molecule has 2 N–H and O–H groups in total. The summed E-state index contributed by atoms with van der Waals surface area (Å²) in [6.07, 6.45) is 0. The average Bonchev–Trinajstić information content (AvgIpc) is 2.91. The molecule has 0 bridgehead atoms. The van der Waals surface area contributed by atoms with E-state index in [9.17, 15) is 4.79 Å². The first-order chi connectivity index (χ1) is 11.6. The number of carbonyl (C=O) groups is 1. The van der Waals surface area contributed by atoms with Crippen molar-refractivity contribution in [3.8, 4) is 5.75 Å². The Hall–Kier alpha value is -2.82. The third-order valence-electron chi connectivity index (χ3n) is 4.01. The Balaban J connectivity index is 1.91. The summed E-state index contributed by atoms with van der Waals surface area (Å²) in [4.78, 5) is 20.4. The molecular formula is C19H21N3O2. The first kappa shape index (κ1) is 16.1. The zero-order valence-corrected chi connectivity index (χ0v) is 14.1. The molecule has 5 nitrogen and oxygen atoms in total. The van der Waals surface area contributed by atoms with Crippen LogP contribution in [0.3, 0.4) is 0 Å². The van der Waals surface area contributed by atoms with E-state index >= 15 is 0 Å². The number of benzene rings is 2. The lowest BCUT2D eigenvalue weighted by molar-refractivity contribution is 0.0948. The number of carbonyl (C=O) groups excluding carboxylic acids is 1. The molecule has 5 heteroatoms. The molecule has 0 unspecified atom stereocenters. The van der Waals surface area contributed by atoms with Gasteiger partial charge in [0.15, 0.2) is 0 Å². The molecule has 0 saturated heterocycles. The molecule has 1 heterocycles. The van der Waals surface area contributed by atoms with Gasteiger partial charge in [-0.3, -0.25) is 4.79 Å². The van der Waals surface area contributed by atoms with Crippen LogP contribution in [0, 0.1) is 13.8 Å². The average molecular weight is 323 g/mol. The highest BCUT2D eigenvalue weighted by Crippen LogP contribution is 2.28. The van der Waals surface area contributed by atoms with Crippen LogP contribution in [-0.4, -0.2) is 22.5 Å². The van der Waals surface area contributed by atoms with Gasteiger partial charge in [0.25, 0.3) is 5.91 Å². The number of rotatable bonds is 5. The number of nitrogens with one attached hydrogen (secondary N) is 2. The van der Waals surface area contributed by atoms with Crippen molar-refractivity contribution in [1.82, 2.24) is 15.3 Å². The SMILES string of the molecule is CCOc1ccc2ccccc2c1C(=O)NCc1nc(C)c(C)[nH]1. The minimum atomic E-state index is -0.165. The van der Waals surface area contributed by atoms with Crippen LogP contribution in [0.4, 0.5) is 0 Å². The molecule has 0 aliphatic heterocycles. The highest BCUT2D eigenvalue weighted by atomic mass is 16.5. The number of aryl methyl sites for hydroxylation is 2. The van der Waals surface area contributed by atoms with Crippen LogP contribution in [0.25, 0.3) is 10.8 Å². The summed E-state index contributed by atoms with van der Waals surface area (Å²) in [6.45, 7) is 6.67. The van der Waals surface area contributed by atoms with Crippen molar-refractivity contribution in [1.29, 1.82) is 0 Å². The smallest absolute Gasteiger partial charge is 0.256 e. The second kappa shape index (κ2) is 6.74. The molecule has 3 aromatic rings. The van der Waals surface area contributed by atoms with Gasteiger partial charge in [0, 0.05) is 5.69 Å². The Morgan fingerprint density at radius 2 is 2.00 bits per heavy atom. The van der Waals surface area contributed by atoms with Gasteiger partial charge in [-0.25, -0.2) is 4.98 Å². The Kier molecular flexibility index (Phi) is 4.51. The number of aromatic nitrogens is 2. The fourth-order valence-corrected chi connectivity index (χ4v) is 2.72. The Morgan fingerprint density at radius 3 is 2.71 bits per heavy atom. The molecule has 3 rings (SSSR count). The maximum atomic E-state index is 12.8. The number of amides is 1. The Labute approximate surface area is 141 Å². The third kappa shape index (κ3) is 3.11. The minimum absolute atomic E-state index is 0.165. The molecule has 0 atom stereocenters. The van der Waals surface area contributed by atoms with Crippen molar-refractivity contribution in [2.75, 3.05) is 6.61 Å². The van der Waals surface area contributed by atoms with E-state index < -0.39 is 0 Å². The zero-order chi connectivity index (χ0) is 17.1. The van der Waals surface area contributed by atoms with Gasteiger partial charge >= 0.3 is 0 Å². The van der Waals surface area contributed by atoms with Crippen molar-refractivity contribution in [3.63, 3.8) is 0 Å². The molecule has 124 valence electrons. The topological polar surface area (TPSA) is 67.0 Å². The number of ether oxygens (including phenoxy) is 1. The maximum Gasteiger partial charge on any atom is 0.256 e. The summed E-state index contributed by atoms with van der Waals surface area (Å²) in [5.41, 5.74) is 2.52. The van der Waals surface area contributed by atoms with Gasteiger partial charge in [0.05, 0.1) is 24.4 Å². The van der Waals surface area contributed by atoms with Crippen LogP contribution in [0.2, 0.25) is 0 Å². The van der Waals surface area contributed by atoms with E-state index in [1.165, 1.54) is 0 Å². The molecular weight excluding hydrogens is 302 g/mol. The molecule has 0 spiro atoms. The molecule has 0 aliphatic carbocycles. The number of H-pyrrole nitrogens is 1. The van der Waals surface area contributed by atoms with Crippen molar-refractivity contribution in [2.45, 2.75) is 27.3 Å². The van der Waals surface area contributed by atoms with Crippen molar-refractivity contribution >= 4 is 16.7 Å². The van der Waals surface area contributed by atoms with E-state index in [0.717, 1.165) is 28.0 Å². The number of nitrogens with zero attached hydrogens (tertiary/aromatic N) is 1. The van der Waals surface area contributed by atoms with Gasteiger partial charge in [-0.05, 0) is 37.6 Å². The lowest BCUT2D eigenvalue weighted by atomic mass is 10.0. The van der Waals surface area contributed by atoms with Gasteiger partial charge in [0.1, 0.15) is 11.6 Å². The summed E-state index contributed by atoms with van der Waals surface area (Å²) in [5.74, 6) is 1.18. The fraction of sp³-hybridized carbons (Fsp3) is 0.263. The van der Waals surface area contributed by atoms with E-state index in [1.807, 2.05) is 57.2 Å². The quantitative estimate of drug-likeness (QED) is 0.755. The van der Waals surface area contributed by atoms with Gasteiger partial charge < -0.3 is 15.0 Å². The van der Waals surface area contributed by atoms with Gasteiger partial charge in [-0.2, -0.15) is 0 Å². The lowest BCUT2D eigenvalue weighted by Gasteiger charge is -2.13. The number of hydrogen-bond donors (Lipinski definition) is 2. The first-order valence-electron chi connectivity index (χ1n) is 8.05. The minimum Gasteiger partial charge on any atom is -0.493 e. The first-order valence-corrected chi connectivity index (χ1v) is 8.05. The van der Waals surface area contributed by atoms with E-state index in [-0.39, 0.29) is 5.91 Å². The van der Waals surface area contributed by atoms with Crippen LogP contribution in [0.15, 0.2) is 36.4 Å². The lowest BCUT2D eigenvalue weighted by Crippen LogP contribution is -2.24. The molecule has 1 amide bonds. The van der Waals surface area contributed by atoms with E-state index in [1.54, 1.807) is 0 Å². The van der Waals surface area contributed by atoms with Crippen molar-refractivity contribution in [2.24, 2.45) is 0 Å². The molecule has 0 fully saturated rings. The van der Waals surface area contributed by atoms with Crippen molar-refractivity contribution < 1.29 is 9.53 Å². The molecule has 0 aliphatic rings.